The summed E-state index contributed by atoms with van der Waals surface area (Å²) in [6.45, 7) is 3.87. The van der Waals surface area contributed by atoms with Gasteiger partial charge in [0.1, 0.15) is 5.75 Å². The number of ether oxygens (including phenoxy) is 1. The topological polar surface area (TPSA) is 107 Å². The summed E-state index contributed by atoms with van der Waals surface area (Å²) in [7, 11) is 1.48. The molecule has 0 aliphatic carbocycles. The summed E-state index contributed by atoms with van der Waals surface area (Å²) in [5, 5.41) is 2.68. The largest absolute Gasteiger partial charge is 0.495 e. The highest BCUT2D eigenvalue weighted by Gasteiger charge is 2.21. The molecule has 0 fully saturated rings. The molecule has 0 bridgehead atoms. The van der Waals surface area contributed by atoms with Crippen LogP contribution in [0.15, 0.2) is 18.2 Å². The Hall–Kier alpha value is -2.08. The van der Waals surface area contributed by atoms with E-state index in [4.69, 9.17) is 16.2 Å². The van der Waals surface area contributed by atoms with Crippen molar-refractivity contribution < 1.29 is 14.3 Å². The average Bonchev–Trinajstić information content (AvgIpc) is 2.45. The Bertz CT molecular complexity index is 502. The van der Waals surface area contributed by atoms with Gasteiger partial charge >= 0.3 is 0 Å². The SMILES string of the molecule is CC[C@H](C)[C@H](N)C(=O)Nc1cc(C(N)=O)ccc1OC. The third-order valence-electron chi connectivity index (χ3n) is 3.30. The lowest BCUT2D eigenvalue weighted by Gasteiger charge is -2.19. The van der Waals surface area contributed by atoms with Crippen molar-refractivity contribution in [1.82, 2.24) is 0 Å². The summed E-state index contributed by atoms with van der Waals surface area (Å²) >= 11 is 0. The fourth-order valence-electron chi connectivity index (χ4n) is 1.69. The molecular weight excluding hydrogens is 258 g/mol. The monoisotopic (exact) mass is 279 g/mol. The summed E-state index contributed by atoms with van der Waals surface area (Å²) in [4.78, 5) is 23.2. The quantitative estimate of drug-likeness (QED) is 0.724. The van der Waals surface area contributed by atoms with Gasteiger partial charge in [-0.2, -0.15) is 0 Å². The Morgan fingerprint density at radius 1 is 1.40 bits per heavy atom. The Labute approximate surface area is 118 Å². The van der Waals surface area contributed by atoms with Crippen molar-refractivity contribution in [3.63, 3.8) is 0 Å². The number of carbonyl (C=O) groups excluding carboxylic acids is 2. The normalized spacial score (nSPS) is 13.4. The number of carbonyl (C=O) groups is 2. The lowest BCUT2D eigenvalue weighted by molar-refractivity contribution is -0.118. The summed E-state index contributed by atoms with van der Waals surface area (Å²) in [5.74, 6) is -0.395. The first-order chi connectivity index (χ1) is 9.40. The van der Waals surface area contributed by atoms with Gasteiger partial charge in [-0.25, -0.2) is 0 Å². The van der Waals surface area contributed by atoms with E-state index < -0.39 is 11.9 Å². The number of nitrogens with two attached hydrogens (primary N) is 2. The number of hydrogen-bond acceptors (Lipinski definition) is 4. The molecular formula is C14H21N3O3. The van der Waals surface area contributed by atoms with E-state index in [-0.39, 0.29) is 11.8 Å². The zero-order valence-corrected chi connectivity index (χ0v) is 12.0. The predicted octanol–water partition coefficient (Wildman–Crippen LogP) is 1.11. The van der Waals surface area contributed by atoms with Crippen molar-refractivity contribution in [3.8, 4) is 5.75 Å². The van der Waals surface area contributed by atoms with Crippen molar-refractivity contribution in [2.75, 3.05) is 12.4 Å². The van der Waals surface area contributed by atoms with Crippen LogP contribution in [-0.2, 0) is 4.79 Å². The molecule has 5 N–H and O–H groups in total. The third kappa shape index (κ3) is 3.71. The summed E-state index contributed by atoms with van der Waals surface area (Å²) in [6, 6.07) is 3.96. The number of benzene rings is 1. The van der Waals surface area contributed by atoms with E-state index >= 15 is 0 Å². The van der Waals surface area contributed by atoms with E-state index in [0.717, 1.165) is 6.42 Å². The molecule has 1 aromatic rings. The Morgan fingerprint density at radius 2 is 2.05 bits per heavy atom. The van der Waals surface area contributed by atoms with Gasteiger partial charge in [0.05, 0.1) is 18.8 Å². The molecule has 6 heteroatoms. The first-order valence-corrected chi connectivity index (χ1v) is 6.45. The van der Waals surface area contributed by atoms with Crippen LogP contribution >= 0.6 is 0 Å². The Kier molecular flexibility index (Phi) is 5.52. The van der Waals surface area contributed by atoms with Gasteiger partial charge in [-0.15, -0.1) is 0 Å². The molecule has 0 radical (unpaired) electrons. The molecule has 0 aliphatic rings. The summed E-state index contributed by atoms with van der Waals surface area (Å²) in [5.41, 5.74) is 11.8. The number of rotatable bonds is 6. The molecule has 0 heterocycles. The lowest BCUT2D eigenvalue weighted by Crippen LogP contribution is -2.40. The van der Waals surface area contributed by atoms with Gasteiger partial charge in [-0.3, -0.25) is 9.59 Å². The molecule has 110 valence electrons. The van der Waals surface area contributed by atoms with E-state index in [1.165, 1.54) is 19.2 Å². The maximum atomic E-state index is 12.1. The molecule has 0 unspecified atom stereocenters. The van der Waals surface area contributed by atoms with Gasteiger partial charge < -0.3 is 21.5 Å². The van der Waals surface area contributed by atoms with Crippen LogP contribution in [-0.4, -0.2) is 25.0 Å². The van der Waals surface area contributed by atoms with Crippen LogP contribution in [0.5, 0.6) is 5.75 Å². The first-order valence-electron chi connectivity index (χ1n) is 6.45. The zero-order chi connectivity index (χ0) is 15.3. The Morgan fingerprint density at radius 3 is 2.55 bits per heavy atom. The molecule has 0 saturated carbocycles. The molecule has 0 aromatic heterocycles. The molecule has 0 saturated heterocycles. The smallest absolute Gasteiger partial charge is 0.248 e. The third-order valence-corrected chi connectivity index (χ3v) is 3.30. The molecule has 1 aromatic carbocycles. The van der Waals surface area contributed by atoms with Crippen molar-refractivity contribution in [2.24, 2.45) is 17.4 Å². The summed E-state index contributed by atoms with van der Waals surface area (Å²) in [6.07, 6.45) is 0.799. The summed E-state index contributed by atoms with van der Waals surface area (Å²) < 4.78 is 5.14. The van der Waals surface area contributed by atoms with E-state index in [2.05, 4.69) is 5.32 Å². The number of amides is 2. The van der Waals surface area contributed by atoms with E-state index in [9.17, 15) is 9.59 Å². The second-order valence-electron chi connectivity index (χ2n) is 4.68. The highest BCUT2D eigenvalue weighted by Crippen LogP contribution is 2.25. The molecule has 1 rings (SSSR count). The van der Waals surface area contributed by atoms with Gasteiger partial charge in [0.15, 0.2) is 0 Å². The highest BCUT2D eigenvalue weighted by atomic mass is 16.5. The van der Waals surface area contributed by atoms with Crippen molar-refractivity contribution in [3.05, 3.63) is 23.8 Å². The predicted molar refractivity (Wildman–Crippen MR) is 77.6 cm³/mol. The second kappa shape index (κ2) is 6.91. The lowest BCUT2D eigenvalue weighted by atomic mass is 9.99. The molecule has 6 nitrogen and oxygen atoms in total. The number of methoxy groups -OCH3 is 1. The van der Waals surface area contributed by atoms with Crippen molar-refractivity contribution in [1.29, 1.82) is 0 Å². The van der Waals surface area contributed by atoms with Gasteiger partial charge in [0, 0.05) is 5.56 Å². The van der Waals surface area contributed by atoms with Gasteiger partial charge in [0.25, 0.3) is 0 Å². The van der Waals surface area contributed by atoms with Crippen LogP contribution in [0.1, 0.15) is 30.6 Å². The van der Waals surface area contributed by atoms with Gasteiger partial charge in [-0.1, -0.05) is 20.3 Å². The average molecular weight is 279 g/mol. The zero-order valence-electron chi connectivity index (χ0n) is 12.0. The van der Waals surface area contributed by atoms with Crippen LogP contribution in [0.4, 0.5) is 5.69 Å². The highest BCUT2D eigenvalue weighted by molar-refractivity contribution is 5.99. The van der Waals surface area contributed by atoms with E-state index in [1.54, 1.807) is 6.07 Å². The van der Waals surface area contributed by atoms with Crippen LogP contribution < -0.4 is 21.5 Å². The Balaban J connectivity index is 2.98. The molecule has 20 heavy (non-hydrogen) atoms. The minimum Gasteiger partial charge on any atom is -0.495 e. The fourth-order valence-corrected chi connectivity index (χ4v) is 1.69. The molecule has 0 aliphatic heterocycles. The minimum absolute atomic E-state index is 0.0558. The fraction of sp³-hybridized carbons (Fsp3) is 0.429. The molecule has 2 atom stereocenters. The number of hydrogen-bond donors (Lipinski definition) is 3. The van der Waals surface area contributed by atoms with Crippen LogP contribution in [0.25, 0.3) is 0 Å². The van der Waals surface area contributed by atoms with Crippen LogP contribution in [0.3, 0.4) is 0 Å². The number of anilines is 1. The van der Waals surface area contributed by atoms with Crippen molar-refractivity contribution in [2.45, 2.75) is 26.3 Å². The number of nitrogens with one attached hydrogen (secondary N) is 1. The van der Waals surface area contributed by atoms with Crippen LogP contribution in [0, 0.1) is 5.92 Å². The first kappa shape index (κ1) is 16.0. The minimum atomic E-state index is -0.623. The standard InChI is InChI=1S/C14H21N3O3/c1-4-8(2)12(15)14(19)17-10-7-9(13(16)18)5-6-11(10)20-3/h5-8,12H,4,15H2,1-3H3,(H2,16,18)(H,17,19)/t8-,12-/m0/s1. The maximum Gasteiger partial charge on any atom is 0.248 e. The number of primary amides is 1. The van der Waals surface area contributed by atoms with Crippen LogP contribution in [0.2, 0.25) is 0 Å². The van der Waals surface area contributed by atoms with Gasteiger partial charge in [-0.05, 0) is 24.1 Å². The molecule has 2 amide bonds. The van der Waals surface area contributed by atoms with E-state index in [1.807, 2.05) is 13.8 Å². The van der Waals surface area contributed by atoms with Gasteiger partial charge in [0.2, 0.25) is 11.8 Å². The maximum absolute atomic E-state index is 12.1. The van der Waals surface area contributed by atoms with Crippen molar-refractivity contribution >= 4 is 17.5 Å². The molecule has 0 spiro atoms. The van der Waals surface area contributed by atoms with E-state index in [0.29, 0.717) is 17.0 Å². The second-order valence-corrected chi connectivity index (χ2v) is 4.68.